The van der Waals surface area contributed by atoms with Crippen LogP contribution in [-0.4, -0.2) is 38.1 Å². The molecule has 0 aliphatic heterocycles. The van der Waals surface area contributed by atoms with Gasteiger partial charge in [-0.1, -0.05) is 0 Å². The molecule has 0 atom stereocenters. The first-order valence-electron chi connectivity index (χ1n) is 4.58. The molecule has 1 rings (SSSR count). The summed E-state index contributed by atoms with van der Waals surface area (Å²) in [5.41, 5.74) is 0. The molecule has 1 aliphatic rings. The molecule has 0 heterocycles. The number of hydrogen-bond acceptors (Lipinski definition) is 0. The molecular weight excluding hydrogens is 545 g/mol. The molecule has 1 fully saturated rings. The molecule has 1 aliphatic carbocycles. The van der Waals surface area contributed by atoms with E-state index in [0.29, 0.717) is 0 Å². The summed E-state index contributed by atoms with van der Waals surface area (Å²) in [5.74, 6) is 0.878. The molecule has 0 saturated heterocycles. The van der Waals surface area contributed by atoms with Gasteiger partial charge in [0.1, 0.15) is 0 Å². The van der Waals surface area contributed by atoms with E-state index in [-0.39, 0.29) is 0 Å². The first-order valence-corrected chi connectivity index (χ1v) is 11.6. The van der Waals surface area contributed by atoms with Crippen molar-refractivity contribution in [3.63, 3.8) is 0 Å². The Bertz CT molecular complexity index is 133. The Balaban J connectivity index is 0.000000487. The summed E-state index contributed by atoms with van der Waals surface area (Å²) in [6, 6.07) is 0. The van der Waals surface area contributed by atoms with Crippen molar-refractivity contribution in [3.05, 3.63) is 0 Å². The Labute approximate surface area is 148 Å². The van der Waals surface area contributed by atoms with Crippen LogP contribution in [0.3, 0.4) is 0 Å². The summed E-state index contributed by atoms with van der Waals surface area (Å²) in [7, 11) is 0. The van der Waals surface area contributed by atoms with Gasteiger partial charge in [0.05, 0.1) is 32.3 Å². The number of alkyl halides is 7. The van der Waals surface area contributed by atoms with Crippen molar-refractivity contribution in [1.82, 2.24) is 0 Å². The predicted molar refractivity (Wildman–Crippen MR) is 73.4 cm³/mol. The van der Waals surface area contributed by atoms with Crippen LogP contribution in [0.1, 0.15) is 0 Å². The Morgan fingerprint density at radius 3 is 0.812 bits per heavy atom. The molecule has 93 valence electrons. The summed E-state index contributed by atoms with van der Waals surface area (Å²) in [4.78, 5) is 0. The first kappa shape index (κ1) is 19.0. The molecule has 0 bridgehead atoms. The van der Waals surface area contributed by atoms with Crippen LogP contribution in [0.2, 0.25) is 3.93 Å². The average molecular weight is 555 g/mol. The van der Waals surface area contributed by atoms with E-state index in [1.54, 1.807) is 0 Å². The zero-order chi connectivity index (χ0) is 12.9. The van der Waals surface area contributed by atoms with E-state index in [1.807, 2.05) is 0 Å². The second-order valence-electron chi connectivity index (χ2n) is 3.21. The van der Waals surface area contributed by atoms with Crippen molar-refractivity contribution in [2.75, 3.05) is 5.88 Å². The van der Waals surface area contributed by atoms with Crippen molar-refractivity contribution >= 4 is 81.2 Å². The molecule has 0 amide bonds. The second kappa shape index (κ2) is 9.80. The molecule has 0 unspecified atom stereocenters. The van der Waals surface area contributed by atoms with Crippen LogP contribution in [-0.2, 0) is 26.1 Å². The Morgan fingerprint density at radius 2 is 0.750 bits per heavy atom. The number of rotatable bonds is 1. The van der Waals surface area contributed by atoms with Crippen LogP contribution >= 0.6 is 81.2 Å². The molecule has 0 aromatic heterocycles. The molecule has 8 heteroatoms. The topological polar surface area (TPSA) is 0 Å². The minimum absolute atomic E-state index is 0.437. The summed E-state index contributed by atoms with van der Waals surface area (Å²) in [6.07, 6.45) is 0. The van der Waals surface area contributed by atoms with Crippen molar-refractivity contribution < 1.29 is 26.1 Å². The molecule has 1 saturated carbocycles. The van der Waals surface area contributed by atoms with Gasteiger partial charge >= 0.3 is 47.5 Å². The van der Waals surface area contributed by atoms with Crippen molar-refractivity contribution in [2.45, 2.75) is 36.2 Å². The molecule has 0 nitrogen and oxygen atoms in total. The average Bonchev–Trinajstić information content (AvgIpc) is 2.31. The monoisotopic (exact) mass is 553 g/mol. The molecule has 0 N–H and O–H groups in total. The third kappa shape index (κ3) is 5.53. The summed E-state index contributed by atoms with van der Waals surface area (Å²) in [6.45, 7) is 0. The van der Waals surface area contributed by atoms with E-state index >= 15 is 0 Å². The van der Waals surface area contributed by atoms with E-state index in [1.165, 1.54) is 3.93 Å². The Morgan fingerprint density at radius 1 is 0.625 bits per heavy atom. The van der Waals surface area contributed by atoms with Gasteiger partial charge in [0, 0.05) is 0 Å². The van der Waals surface area contributed by atoms with E-state index in [0.717, 1.165) is 32.0 Å². The zero-order valence-corrected chi connectivity index (χ0v) is 19.0. The minimum atomic E-state index is -0.437. The van der Waals surface area contributed by atoms with Gasteiger partial charge in [0.25, 0.3) is 0 Å². The van der Waals surface area contributed by atoms with Crippen molar-refractivity contribution in [2.24, 2.45) is 0 Å². The number of hydrogen-bond donors (Lipinski definition) is 0. The van der Waals surface area contributed by atoms with Gasteiger partial charge in [0.2, 0.25) is 0 Å². The maximum atomic E-state index is 5.88. The Hall–Kier alpha value is 2.97. The fourth-order valence-electron chi connectivity index (χ4n) is 1.05. The van der Waals surface area contributed by atoms with E-state index in [9.17, 15) is 0 Å². The maximum absolute atomic E-state index is 5.88. The fraction of sp³-hybridized carbons (Fsp3) is 1.00. The Kier molecular flexibility index (Phi) is 11.6. The molecule has 0 spiro atoms. The number of halogens is 7. The van der Waals surface area contributed by atoms with Gasteiger partial charge in [-0.25, -0.2) is 0 Å². The van der Waals surface area contributed by atoms with E-state index in [4.69, 9.17) is 81.2 Å². The van der Waals surface area contributed by atoms with Crippen molar-refractivity contribution in [3.8, 4) is 0 Å². The third-order valence-corrected chi connectivity index (χ3v) is 9.37. The van der Waals surface area contributed by atoms with Gasteiger partial charge in [0.15, 0.2) is 0 Å². The van der Waals surface area contributed by atoms with Gasteiger partial charge in [-0.15, -0.1) is 69.6 Å². The van der Waals surface area contributed by atoms with Crippen LogP contribution in [0.4, 0.5) is 0 Å². The third-order valence-electron chi connectivity index (χ3n) is 1.96. The van der Waals surface area contributed by atoms with Gasteiger partial charge in [-0.2, -0.15) is 0 Å². The van der Waals surface area contributed by atoms with Gasteiger partial charge in [-0.05, 0) is 0 Å². The van der Waals surface area contributed by atoms with Crippen LogP contribution in [0.15, 0.2) is 0 Å². The zero-order valence-electron chi connectivity index (χ0n) is 8.23. The molecule has 16 heavy (non-hydrogen) atoms. The van der Waals surface area contributed by atoms with E-state index in [2.05, 4.69) is 0 Å². The van der Waals surface area contributed by atoms with E-state index < -0.39 is 32.3 Å². The van der Waals surface area contributed by atoms with Gasteiger partial charge < -0.3 is 0 Å². The SMILES string of the molecule is ClC1C(Cl)C(Cl)C(Cl)C(Cl)C1Cl.ClC[CH2][Hg]. The van der Waals surface area contributed by atoms with Crippen molar-refractivity contribution in [1.29, 1.82) is 0 Å². The normalized spacial score (nSPS) is 43.6. The summed E-state index contributed by atoms with van der Waals surface area (Å²) >= 11 is 41.5. The molecule has 0 radical (unpaired) electrons. The summed E-state index contributed by atoms with van der Waals surface area (Å²) in [5, 5.41) is -2.62. The molecule has 0 aromatic carbocycles. The van der Waals surface area contributed by atoms with Crippen LogP contribution < -0.4 is 0 Å². The van der Waals surface area contributed by atoms with Crippen LogP contribution in [0, 0.1) is 0 Å². The summed E-state index contributed by atoms with van der Waals surface area (Å²) < 4.78 is 1.28. The van der Waals surface area contributed by atoms with Gasteiger partial charge in [-0.3, -0.25) is 0 Å². The van der Waals surface area contributed by atoms with Crippen LogP contribution in [0.25, 0.3) is 0 Å². The first-order chi connectivity index (χ1) is 7.38. The molecular formula is C8H10Cl7Hg. The quantitative estimate of drug-likeness (QED) is 0.322. The molecule has 0 aromatic rings. The van der Waals surface area contributed by atoms with Crippen LogP contribution in [0.5, 0.6) is 0 Å². The predicted octanol–water partition coefficient (Wildman–Crippen LogP) is 4.83. The fourth-order valence-corrected chi connectivity index (χ4v) is 3.38. The second-order valence-corrected chi connectivity index (χ2v) is 9.36. The standard InChI is InChI=1S/C6H6Cl6.C2H4Cl.Hg/c7-1-2(8)4(10)6(12)5(11)3(1)9;1-2-3;/h1-6H;1-2H2;.